The van der Waals surface area contributed by atoms with E-state index in [-0.39, 0.29) is 11.2 Å². The van der Waals surface area contributed by atoms with Crippen molar-refractivity contribution in [1.29, 1.82) is 0 Å². The third-order valence-corrected chi connectivity index (χ3v) is 4.83. The lowest BCUT2D eigenvalue weighted by Crippen LogP contribution is -2.35. The van der Waals surface area contributed by atoms with E-state index in [0.717, 1.165) is 24.8 Å². The van der Waals surface area contributed by atoms with Crippen molar-refractivity contribution in [1.82, 2.24) is 0 Å². The molecular weight excluding hydrogens is 268 g/mol. The second-order valence-electron chi connectivity index (χ2n) is 4.17. The van der Waals surface area contributed by atoms with Gasteiger partial charge in [0.15, 0.2) is 0 Å². The van der Waals surface area contributed by atoms with Crippen LogP contribution in [0.25, 0.3) is 0 Å². The van der Waals surface area contributed by atoms with Crippen LogP contribution < -0.4 is 0 Å². The number of halogens is 1. The van der Waals surface area contributed by atoms with Gasteiger partial charge in [0.25, 0.3) is 0 Å². The number of hydrogen-bond acceptors (Lipinski definition) is 3. The van der Waals surface area contributed by atoms with E-state index in [1.165, 1.54) is 6.26 Å². The first-order chi connectivity index (χ1) is 6.47. The van der Waals surface area contributed by atoms with Gasteiger partial charge in [0.2, 0.25) is 0 Å². The van der Waals surface area contributed by atoms with E-state index in [4.69, 9.17) is 4.74 Å². The zero-order chi connectivity index (χ0) is 10.7. The van der Waals surface area contributed by atoms with Crippen LogP contribution in [0.5, 0.6) is 0 Å². The summed E-state index contributed by atoms with van der Waals surface area (Å²) in [4.78, 5) is 0. The molecule has 0 saturated carbocycles. The van der Waals surface area contributed by atoms with Gasteiger partial charge < -0.3 is 4.74 Å². The first kappa shape index (κ1) is 12.5. The highest BCUT2D eigenvalue weighted by atomic mass is 79.9. The van der Waals surface area contributed by atoms with Crippen LogP contribution in [0.15, 0.2) is 0 Å². The number of sulfone groups is 1. The summed E-state index contributed by atoms with van der Waals surface area (Å²) in [7, 11) is -2.85. The van der Waals surface area contributed by atoms with Crippen LogP contribution in [0.3, 0.4) is 0 Å². The minimum absolute atomic E-state index is 0.0430. The molecule has 14 heavy (non-hydrogen) atoms. The molecule has 1 rings (SSSR count). The lowest BCUT2D eigenvalue weighted by Gasteiger charge is -2.35. The predicted molar refractivity (Wildman–Crippen MR) is 60.6 cm³/mol. The van der Waals surface area contributed by atoms with Crippen molar-refractivity contribution >= 4 is 25.8 Å². The van der Waals surface area contributed by atoms with Crippen LogP contribution in [0, 0.1) is 5.41 Å². The van der Waals surface area contributed by atoms with Gasteiger partial charge in [-0.25, -0.2) is 8.42 Å². The summed E-state index contributed by atoms with van der Waals surface area (Å²) in [6, 6.07) is 0. The molecule has 0 radical (unpaired) electrons. The maximum absolute atomic E-state index is 11.1. The maximum Gasteiger partial charge on any atom is 0.147 e. The fourth-order valence-electron chi connectivity index (χ4n) is 1.68. The average Bonchev–Trinajstić information content (AvgIpc) is 2.15. The predicted octanol–water partition coefficient (Wildman–Crippen LogP) is 1.61. The lowest BCUT2D eigenvalue weighted by atomic mass is 9.82. The second-order valence-corrected chi connectivity index (χ2v) is 6.99. The van der Waals surface area contributed by atoms with E-state index in [0.29, 0.717) is 13.0 Å². The molecule has 3 nitrogen and oxygen atoms in total. The van der Waals surface area contributed by atoms with E-state index >= 15 is 0 Å². The third kappa shape index (κ3) is 3.87. The SMILES string of the molecule is CS(=O)(=O)CCC1(CBr)CCCOC1. The third-order valence-electron chi connectivity index (χ3n) is 2.69. The van der Waals surface area contributed by atoms with Gasteiger partial charge >= 0.3 is 0 Å². The molecule has 1 fully saturated rings. The van der Waals surface area contributed by atoms with Gasteiger partial charge in [0.1, 0.15) is 9.84 Å². The van der Waals surface area contributed by atoms with Crippen molar-refractivity contribution < 1.29 is 13.2 Å². The molecule has 5 heteroatoms. The fraction of sp³-hybridized carbons (Fsp3) is 1.00. The molecule has 1 aliphatic heterocycles. The first-order valence-corrected chi connectivity index (χ1v) is 7.97. The minimum Gasteiger partial charge on any atom is -0.381 e. The van der Waals surface area contributed by atoms with E-state index in [1.807, 2.05) is 0 Å². The number of hydrogen-bond donors (Lipinski definition) is 0. The Morgan fingerprint density at radius 3 is 2.64 bits per heavy atom. The van der Waals surface area contributed by atoms with Crippen molar-refractivity contribution in [3.63, 3.8) is 0 Å². The van der Waals surface area contributed by atoms with E-state index in [2.05, 4.69) is 15.9 Å². The minimum atomic E-state index is -2.85. The summed E-state index contributed by atoms with van der Waals surface area (Å²) in [5.74, 6) is 0.266. The van der Waals surface area contributed by atoms with Gasteiger partial charge in [-0.2, -0.15) is 0 Å². The second kappa shape index (κ2) is 4.94. The summed E-state index contributed by atoms with van der Waals surface area (Å²) in [6.07, 6.45) is 4.10. The van der Waals surface area contributed by atoms with Crippen molar-refractivity contribution in [3.05, 3.63) is 0 Å². The van der Waals surface area contributed by atoms with Gasteiger partial charge in [-0.1, -0.05) is 15.9 Å². The molecule has 0 bridgehead atoms. The molecule has 1 atom stereocenters. The molecule has 0 spiro atoms. The quantitative estimate of drug-likeness (QED) is 0.737. The van der Waals surface area contributed by atoms with E-state index < -0.39 is 9.84 Å². The summed E-state index contributed by atoms with van der Waals surface area (Å²) in [5.41, 5.74) is 0.0430. The smallest absolute Gasteiger partial charge is 0.147 e. The van der Waals surface area contributed by atoms with Gasteiger partial charge in [-0.15, -0.1) is 0 Å². The van der Waals surface area contributed by atoms with Gasteiger partial charge in [0.05, 0.1) is 12.4 Å². The Labute approximate surface area is 94.3 Å². The molecule has 0 aliphatic carbocycles. The Morgan fingerprint density at radius 2 is 2.21 bits per heavy atom. The molecule has 84 valence electrons. The summed E-state index contributed by atoms with van der Waals surface area (Å²) < 4.78 is 27.6. The van der Waals surface area contributed by atoms with Crippen LogP contribution in [-0.4, -0.2) is 39.0 Å². The molecule has 0 N–H and O–H groups in total. The molecule has 1 aliphatic rings. The highest BCUT2D eigenvalue weighted by molar-refractivity contribution is 9.09. The number of rotatable bonds is 4. The topological polar surface area (TPSA) is 43.4 Å². The van der Waals surface area contributed by atoms with Gasteiger partial charge in [0, 0.05) is 23.6 Å². The Balaban J connectivity index is 2.52. The van der Waals surface area contributed by atoms with Crippen LogP contribution in [-0.2, 0) is 14.6 Å². The summed E-state index contributed by atoms with van der Waals surface area (Å²) in [6.45, 7) is 1.50. The van der Waals surface area contributed by atoms with Gasteiger partial charge in [-0.3, -0.25) is 0 Å². The molecule has 0 aromatic carbocycles. The summed E-state index contributed by atoms with van der Waals surface area (Å²) >= 11 is 3.46. The van der Waals surface area contributed by atoms with E-state index in [1.54, 1.807) is 0 Å². The van der Waals surface area contributed by atoms with Crippen molar-refractivity contribution in [2.24, 2.45) is 5.41 Å². The number of ether oxygens (including phenoxy) is 1. The Kier molecular flexibility index (Phi) is 4.40. The number of alkyl halides is 1. The Hall–Kier alpha value is 0.390. The Morgan fingerprint density at radius 1 is 1.50 bits per heavy atom. The summed E-state index contributed by atoms with van der Waals surface area (Å²) in [5, 5.41) is 0.829. The molecule has 0 amide bonds. The maximum atomic E-state index is 11.1. The first-order valence-electron chi connectivity index (χ1n) is 4.79. The van der Waals surface area contributed by atoms with Gasteiger partial charge in [-0.05, 0) is 19.3 Å². The molecule has 0 aromatic rings. The van der Waals surface area contributed by atoms with Crippen LogP contribution in [0.2, 0.25) is 0 Å². The standard InChI is InChI=1S/C9H17BrO3S/c1-14(11,12)6-4-9(7-10)3-2-5-13-8-9/h2-8H2,1H3. The van der Waals surface area contributed by atoms with E-state index in [9.17, 15) is 8.42 Å². The zero-order valence-corrected chi connectivity index (χ0v) is 10.9. The van der Waals surface area contributed by atoms with Crippen molar-refractivity contribution in [3.8, 4) is 0 Å². The van der Waals surface area contributed by atoms with Crippen molar-refractivity contribution in [2.45, 2.75) is 19.3 Å². The zero-order valence-electron chi connectivity index (χ0n) is 8.46. The molecule has 1 unspecified atom stereocenters. The molecular formula is C9H17BrO3S. The highest BCUT2D eigenvalue weighted by Gasteiger charge is 2.32. The van der Waals surface area contributed by atoms with Crippen LogP contribution >= 0.6 is 15.9 Å². The molecule has 1 saturated heterocycles. The average molecular weight is 285 g/mol. The largest absolute Gasteiger partial charge is 0.381 e. The Bertz CT molecular complexity index is 268. The normalized spacial score (nSPS) is 29.0. The van der Waals surface area contributed by atoms with Crippen LogP contribution in [0.4, 0.5) is 0 Å². The fourth-order valence-corrected chi connectivity index (χ4v) is 3.21. The highest BCUT2D eigenvalue weighted by Crippen LogP contribution is 2.34. The lowest BCUT2D eigenvalue weighted by molar-refractivity contribution is 0.00446. The molecule has 1 heterocycles. The monoisotopic (exact) mass is 284 g/mol. The van der Waals surface area contributed by atoms with Crippen molar-refractivity contribution in [2.75, 3.05) is 30.6 Å². The van der Waals surface area contributed by atoms with Crippen LogP contribution in [0.1, 0.15) is 19.3 Å². The molecule has 0 aromatic heterocycles.